The van der Waals surface area contributed by atoms with Gasteiger partial charge >= 0.3 is 0 Å². The lowest BCUT2D eigenvalue weighted by Gasteiger charge is -2.16. The molecule has 1 fully saturated rings. The van der Waals surface area contributed by atoms with Gasteiger partial charge in [0.05, 0.1) is 5.02 Å². The van der Waals surface area contributed by atoms with Crippen LogP contribution in [0.15, 0.2) is 18.3 Å². The second-order valence-corrected chi connectivity index (χ2v) is 4.48. The van der Waals surface area contributed by atoms with Crippen molar-refractivity contribution in [2.45, 2.75) is 25.3 Å². The maximum absolute atomic E-state index is 5.99. The fourth-order valence-electron chi connectivity index (χ4n) is 2.06. The molecular weight excluding hydrogens is 210 g/mol. The largest absolute Gasteiger partial charge is 0.369 e. The highest BCUT2D eigenvalue weighted by Gasteiger charge is 2.23. The average molecular weight is 226 g/mol. The molecule has 82 valence electrons. The number of hydrogen-bond acceptors (Lipinski definition) is 3. The molecule has 0 saturated heterocycles. The van der Waals surface area contributed by atoms with E-state index >= 15 is 0 Å². The minimum absolute atomic E-state index is 0.333. The molecule has 2 rings (SSSR count). The van der Waals surface area contributed by atoms with Gasteiger partial charge in [-0.1, -0.05) is 18.0 Å². The van der Waals surface area contributed by atoms with Gasteiger partial charge in [-0.2, -0.15) is 0 Å². The van der Waals surface area contributed by atoms with Gasteiger partial charge in [-0.3, -0.25) is 0 Å². The number of anilines is 1. The van der Waals surface area contributed by atoms with Crippen LogP contribution in [0.5, 0.6) is 0 Å². The maximum Gasteiger partial charge on any atom is 0.144 e. The topological polar surface area (TPSA) is 50.9 Å². The first-order valence-electron chi connectivity index (χ1n) is 5.37. The van der Waals surface area contributed by atoms with Gasteiger partial charge in [0.1, 0.15) is 5.82 Å². The third-order valence-electron chi connectivity index (χ3n) is 3.01. The lowest BCUT2D eigenvalue weighted by molar-refractivity contribution is 0.504. The van der Waals surface area contributed by atoms with Gasteiger partial charge in [0, 0.05) is 18.8 Å². The molecule has 0 bridgehead atoms. The molecule has 3 N–H and O–H groups in total. The minimum atomic E-state index is 0.333. The SMILES string of the molecule is NC1CCCC1CNc1ncccc1Cl. The third kappa shape index (κ3) is 2.61. The molecule has 0 aromatic carbocycles. The van der Waals surface area contributed by atoms with Crippen LogP contribution in [0, 0.1) is 5.92 Å². The predicted octanol–water partition coefficient (Wildman–Crippen LogP) is 2.27. The van der Waals surface area contributed by atoms with Crippen LogP contribution in [0.2, 0.25) is 5.02 Å². The number of aromatic nitrogens is 1. The van der Waals surface area contributed by atoms with Crippen LogP contribution in [-0.4, -0.2) is 17.6 Å². The Morgan fingerprint density at radius 2 is 2.40 bits per heavy atom. The number of pyridine rings is 1. The van der Waals surface area contributed by atoms with E-state index in [0.717, 1.165) is 18.8 Å². The molecule has 0 radical (unpaired) electrons. The van der Waals surface area contributed by atoms with Gasteiger partial charge in [-0.15, -0.1) is 0 Å². The third-order valence-corrected chi connectivity index (χ3v) is 3.31. The Kier molecular flexibility index (Phi) is 3.44. The van der Waals surface area contributed by atoms with Crippen LogP contribution in [0.4, 0.5) is 5.82 Å². The van der Waals surface area contributed by atoms with Gasteiger partial charge in [-0.25, -0.2) is 4.98 Å². The molecule has 3 nitrogen and oxygen atoms in total. The molecule has 2 atom stereocenters. The summed E-state index contributed by atoms with van der Waals surface area (Å²) in [4.78, 5) is 4.18. The van der Waals surface area contributed by atoms with Gasteiger partial charge < -0.3 is 11.1 Å². The van der Waals surface area contributed by atoms with E-state index in [-0.39, 0.29) is 0 Å². The van der Waals surface area contributed by atoms with Crippen LogP contribution < -0.4 is 11.1 Å². The molecular formula is C11H16ClN3. The quantitative estimate of drug-likeness (QED) is 0.830. The van der Waals surface area contributed by atoms with Crippen molar-refractivity contribution in [3.05, 3.63) is 23.4 Å². The van der Waals surface area contributed by atoms with Crippen LogP contribution in [0.3, 0.4) is 0 Å². The summed E-state index contributed by atoms with van der Waals surface area (Å²) in [7, 11) is 0. The summed E-state index contributed by atoms with van der Waals surface area (Å²) < 4.78 is 0. The van der Waals surface area contributed by atoms with Crippen molar-refractivity contribution in [3.63, 3.8) is 0 Å². The lowest BCUT2D eigenvalue weighted by atomic mass is 10.1. The Morgan fingerprint density at radius 3 is 3.07 bits per heavy atom. The lowest BCUT2D eigenvalue weighted by Crippen LogP contribution is -2.29. The second kappa shape index (κ2) is 4.81. The molecule has 1 aromatic heterocycles. The first kappa shape index (κ1) is 10.7. The number of nitrogens with zero attached hydrogens (tertiary/aromatic N) is 1. The van der Waals surface area contributed by atoms with E-state index in [1.54, 1.807) is 6.20 Å². The highest BCUT2D eigenvalue weighted by molar-refractivity contribution is 6.32. The predicted molar refractivity (Wildman–Crippen MR) is 63.1 cm³/mol. The molecule has 0 spiro atoms. The first-order valence-corrected chi connectivity index (χ1v) is 5.75. The highest BCUT2D eigenvalue weighted by atomic mass is 35.5. The summed E-state index contributed by atoms with van der Waals surface area (Å²) in [5.74, 6) is 1.32. The number of halogens is 1. The van der Waals surface area contributed by atoms with Gasteiger partial charge in [-0.05, 0) is 30.9 Å². The maximum atomic E-state index is 5.99. The van der Waals surface area contributed by atoms with Crippen LogP contribution in [0.1, 0.15) is 19.3 Å². The number of hydrogen-bond donors (Lipinski definition) is 2. The fraction of sp³-hybridized carbons (Fsp3) is 0.545. The Morgan fingerprint density at radius 1 is 1.53 bits per heavy atom. The molecule has 15 heavy (non-hydrogen) atoms. The zero-order valence-corrected chi connectivity index (χ0v) is 9.37. The van der Waals surface area contributed by atoms with E-state index in [2.05, 4.69) is 10.3 Å². The molecule has 0 aliphatic heterocycles. The standard InChI is InChI=1S/C11H16ClN3/c12-9-4-2-6-14-11(9)15-7-8-3-1-5-10(8)13/h2,4,6,8,10H,1,3,5,7,13H2,(H,14,15). The van der Waals surface area contributed by atoms with E-state index in [1.807, 2.05) is 12.1 Å². The Balaban J connectivity index is 1.90. The van der Waals surface area contributed by atoms with Crippen LogP contribution in [0.25, 0.3) is 0 Å². The van der Waals surface area contributed by atoms with E-state index < -0.39 is 0 Å². The van der Waals surface area contributed by atoms with Crippen molar-refractivity contribution >= 4 is 17.4 Å². The minimum Gasteiger partial charge on any atom is -0.369 e. The van der Waals surface area contributed by atoms with Crippen molar-refractivity contribution in [1.82, 2.24) is 4.98 Å². The average Bonchev–Trinajstić information content (AvgIpc) is 2.63. The fourth-order valence-corrected chi connectivity index (χ4v) is 2.25. The van der Waals surface area contributed by atoms with E-state index in [0.29, 0.717) is 17.0 Å². The monoisotopic (exact) mass is 225 g/mol. The zero-order chi connectivity index (χ0) is 10.7. The van der Waals surface area contributed by atoms with E-state index in [1.165, 1.54) is 12.8 Å². The smallest absolute Gasteiger partial charge is 0.144 e. The summed E-state index contributed by atoms with van der Waals surface area (Å²) >= 11 is 5.99. The van der Waals surface area contributed by atoms with Crippen molar-refractivity contribution in [1.29, 1.82) is 0 Å². The van der Waals surface area contributed by atoms with Crippen molar-refractivity contribution in [2.24, 2.45) is 11.7 Å². The summed E-state index contributed by atoms with van der Waals surface area (Å²) in [6.45, 7) is 0.873. The summed E-state index contributed by atoms with van der Waals surface area (Å²) in [6, 6.07) is 4.00. The zero-order valence-electron chi connectivity index (χ0n) is 8.62. The molecule has 1 aliphatic rings. The van der Waals surface area contributed by atoms with Crippen molar-refractivity contribution in [3.8, 4) is 0 Å². The molecule has 4 heteroatoms. The van der Waals surface area contributed by atoms with E-state index in [9.17, 15) is 0 Å². The van der Waals surface area contributed by atoms with Crippen molar-refractivity contribution in [2.75, 3.05) is 11.9 Å². The number of nitrogens with two attached hydrogens (primary N) is 1. The van der Waals surface area contributed by atoms with Crippen LogP contribution >= 0.6 is 11.6 Å². The van der Waals surface area contributed by atoms with Gasteiger partial charge in [0.2, 0.25) is 0 Å². The number of nitrogens with one attached hydrogen (secondary N) is 1. The molecule has 1 aromatic rings. The Hall–Kier alpha value is -0.800. The number of rotatable bonds is 3. The molecule has 0 amide bonds. The highest BCUT2D eigenvalue weighted by Crippen LogP contribution is 2.25. The molecule has 1 aliphatic carbocycles. The van der Waals surface area contributed by atoms with Crippen molar-refractivity contribution < 1.29 is 0 Å². The Labute approximate surface area is 95.0 Å². The molecule has 1 saturated carbocycles. The normalized spacial score (nSPS) is 25.5. The summed E-state index contributed by atoms with van der Waals surface area (Å²) in [5, 5.41) is 3.93. The summed E-state index contributed by atoms with van der Waals surface area (Å²) in [5.41, 5.74) is 5.99. The van der Waals surface area contributed by atoms with Gasteiger partial charge in [0.15, 0.2) is 0 Å². The van der Waals surface area contributed by atoms with Crippen LogP contribution in [-0.2, 0) is 0 Å². The summed E-state index contributed by atoms with van der Waals surface area (Å²) in [6.07, 6.45) is 5.33. The Bertz CT molecular complexity index is 329. The molecule has 2 unspecified atom stereocenters. The van der Waals surface area contributed by atoms with E-state index in [4.69, 9.17) is 17.3 Å². The van der Waals surface area contributed by atoms with Gasteiger partial charge in [0.25, 0.3) is 0 Å². The second-order valence-electron chi connectivity index (χ2n) is 4.07. The molecule has 1 heterocycles. The first-order chi connectivity index (χ1) is 7.27.